The minimum Gasteiger partial charge on any atom is -0.506 e. The van der Waals surface area contributed by atoms with Crippen LogP contribution in [0.2, 0.25) is 0 Å². The van der Waals surface area contributed by atoms with Crippen molar-refractivity contribution in [3.05, 3.63) is 58.7 Å². The van der Waals surface area contributed by atoms with Crippen LogP contribution in [0, 0.1) is 5.92 Å². The second-order valence-electron chi connectivity index (χ2n) is 6.06. The first-order chi connectivity index (χ1) is 10.5. The molecule has 0 aromatic heterocycles. The van der Waals surface area contributed by atoms with Gasteiger partial charge in [-0.3, -0.25) is 4.90 Å². The molecule has 1 aliphatic heterocycles. The van der Waals surface area contributed by atoms with Gasteiger partial charge < -0.3 is 20.4 Å². The van der Waals surface area contributed by atoms with Crippen LogP contribution < -0.4 is 0 Å². The zero-order valence-corrected chi connectivity index (χ0v) is 12.5. The highest BCUT2D eigenvalue weighted by molar-refractivity contribution is 5.40. The molecule has 1 saturated heterocycles. The van der Waals surface area contributed by atoms with E-state index in [4.69, 9.17) is 0 Å². The Labute approximate surface area is 129 Å². The van der Waals surface area contributed by atoms with Crippen molar-refractivity contribution in [1.82, 2.24) is 4.90 Å². The van der Waals surface area contributed by atoms with E-state index in [-0.39, 0.29) is 17.7 Å². The molecule has 0 spiro atoms. The lowest BCUT2D eigenvalue weighted by Gasteiger charge is -2.43. The summed E-state index contributed by atoms with van der Waals surface area (Å²) in [5.74, 6) is -1.79. The van der Waals surface area contributed by atoms with Crippen LogP contribution in [0.25, 0.3) is 0 Å². The molecule has 0 saturated carbocycles. The van der Waals surface area contributed by atoms with Gasteiger partial charge in [-0.1, -0.05) is 30.3 Å². The Kier molecular flexibility index (Phi) is 3.85. The molecule has 4 N–H and O–H groups in total. The number of rotatable bonds is 2. The number of piperidine rings is 1. The molecule has 3 rings (SSSR count). The zero-order valence-electron chi connectivity index (χ0n) is 12.5. The lowest BCUT2D eigenvalue weighted by Crippen LogP contribution is -2.48. The molecule has 0 bridgehead atoms. The molecular formula is C17H21NO4. The van der Waals surface area contributed by atoms with E-state index >= 15 is 0 Å². The van der Waals surface area contributed by atoms with Crippen LogP contribution in [-0.4, -0.2) is 51.1 Å². The molecule has 3 unspecified atom stereocenters. The van der Waals surface area contributed by atoms with Crippen LogP contribution in [0.5, 0.6) is 0 Å². The summed E-state index contributed by atoms with van der Waals surface area (Å²) in [5, 5.41) is 40.1. The van der Waals surface area contributed by atoms with Gasteiger partial charge in [-0.05, 0) is 37.6 Å². The second-order valence-corrected chi connectivity index (χ2v) is 6.06. The van der Waals surface area contributed by atoms with Gasteiger partial charge in [-0.25, -0.2) is 0 Å². The first-order valence-electron chi connectivity index (χ1n) is 7.48. The first kappa shape index (κ1) is 14.9. The maximum absolute atomic E-state index is 10.3. The molecule has 22 heavy (non-hydrogen) atoms. The fraction of sp³-hybridized carbons (Fsp3) is 0.412. The van der Waals surface area contributed by atoms with Crippen molar-refractivity contribution < 1.29 is 20.4 Å². The van der Waals surface area contributed by atoms with Gasteiger partial charge in [-0.15, -0.1) is 0 Å². The van der Waals surface area contributed by atoms with Crippen molar-refractivity contribution in [2.75, 3.05) is 13.6 Å². The molecule has 3 atom stereocenters. The molecule has 5 nitrogen and oxygen atoms in total. The van der Waals surface area contributed by atoms with Gasteiger partial charge in [-0.2, -0.15) is 0 Å². The van der Waals surface area contributed by atoms with Crippen molar-refractivity contribution >= 4 is 0 Å². The summed E-state index contributed by atoms with van der Waals surface area (Å²) in [6.45, 7) is 0.754. The molecule has 118 valence electrons. The van der Waals surface area contributed by atoms with Gasteiger partial charge in [0.05, 0.1) is 0 Å². The Morgan fingerprint density at radius 3 is 2.45 bits per heavy atom. The highest BCUT2D eigenvalue weighted by Gasteiger charge is 2.43. The molecule has 0 amide bonds. The van der Waals surface area contributed by atoms with E-state index in [1.54, 1.807) is 0 Å². The third-order valence-electron chi connectivity index (χ3n) is 4.76. The number of likely N-dealkylation sites (tertiary alicyclic amines) is 1. The maximum Gasteiger partial charge on any atom is 0.198 e. The minimum atomic E-state index is -1.15. The van der Waals surface area contributed by atoms with E-state index in [0.29, 0.717) is 18.4 Å². The highest BCUT2D eigenvalue weighted by atomic mass is 16.4. The molecule has 1 heterocycles. The Morgan fingerprint density at radius 1 is 1.09 bits per heavy atom. The third-order valence-corrected chi connectivity index (χ3v) is 4.76. The van der Waals surface area contributed by atoms with Gasteiger partial charge in [0.15, 0.2) is 17.3 Å². The van der Waals surface area contributed by atoms with E-state index in [1.807, 2.05) is 37.4 Å². The van der Waals surface area contributed by atoms with Crippen molar-refractivity contribution in [2.45, 2.75) is 25.0 Å². The van der Waals surface area contributed by atoms with Crippen LogP contribution in [0.4, 0.5) is 0 Å². The molecule has 1 aliphatic carbocycles. The second kappa shape index (κ2) is 5.66. The molecule has 5 heteroatoms. The summed E-state index contributed by atoms with van der Waals surface area (Å²) in [5.41, 5.74) is 1.73. The number of aliphatic hydroxyl groups is 4. The number of aliphatic hydroxyl groups excluding tert-OH is 4. The summed E-state index contributed by atoms with van der Waals surface area (Å²) >= 11 is 0. The summed E-state index contributed by atoms with van der Waals surface area (Å²) in [4.78, 5) is 2.11. The molecule has 1 aromatic rings. The number of hydrogen-bond acceptors (Lipinski definition) is 5. The van der Waals surface area contributed by atoms with Gasteiger partial charge in [0, 0.05) is 12.0 Å². The van der Waals surface area contributed by atoms with Crippen molar-refractivity contribution in [3.8, 4) is 0 Å². The van der Waals surface area contributed by atoms with Gasteiger partial charge in [0.1, 0.15) is 6.10 Å². The fourth-order valence-electron chi connectivity index (χ4n) is 3.49. The van der Waals surface area contributed by atoms with E-state index in [9.17, 15) is 20.4 Å². The Bertz CT molecular complexity index is 623. The van der Waals surface area contributed by atoms with Crippen molar-refractivity contribution in [1.29, 1.82) is 0 Å². The Balaban J connectivity index is 2.00. The average Bonchev–Trinajstić information content (AvgIpc) is 2.53. The summed E-state index contributed by atoms with van der Waals surface area (Å²) in [6.07, 6.45) is 0.145. The summed E-state index contributed by atoms with van der Waals surface area (Å²) in [7, 11) is 1.96. The zero-order chi connectivity index (χ0) is 15.9. The lowest BCUT2D eigenvalue weighted by molar-refractivity contribution is 0.0527. The molecule has 1 fully saturated rings. The summed E-state index contributed by atoms with van der Waals surface area (Å²) in [6, 6.07) is 9.78. The van der Waals surface area contributed by atoms with E-state index in [1.165, 1.54) is 0 Å². The largest absolute Gasteiger partial charge is 0.506 e. The molecule has 1 aromatic carbocycles. The van der Waals surface area contributed by atoms with Crippen molar-refractivity contribution in [3.63, 3.8) is 0 Å². The molecular weight excluding hydrogens is 282 g/mol. The number of fused-ring (bicyclic) bond motifs is 1. The van der Waals surface area contributed by atoms with Crippen LogP contribution in [-0.2, 0) is 6.42 Å². The average molecular weight is 303 g/mol. The number of nitrogens with zero attached hydrogens (tertiary/aromatic N) is 1. The third kappa shape index (κ3) is 2.36. The Hall–Kier alpha value is -1.98. The SMILES string of the molecule is CN1CCC2C(=C(O)C(O)=C(O)C2O)C1Cc1ccccc1. The normalized spacial score (nSPS) is 29.6. The van der Waals surface area contributed by atoms with E-state index < -0.39 is 17.6 Å². The van der Waals surface area contributed by atoms with Gasteiger partial charge >= 0.3 is 0 Å². The monoisotopic (exact) mass is 303 g/mol. The standard InChI is InChI=1S/C17H21NO4/c1-18-8-7-11-13(15(20)17(22)16(21)14(11)19)12(18)9-10-5-3-2-4-6-10/h2-6,11-12,14,19-22H,7-9H2,1H3. The van der Waals surface area contributed by atoms with Gasteiger partial charge in [0.25, 0.3) is 0 Å². The number of benzene rings is 1. The van der Waals surface area contributed by atoms with Crippen LogP contribution in [0.3, 0.4) is 0 Å². The van der Waals surface area contributed by atoms with Crippen molar-refractivity contribution in [2.24, 2.45) is 5.92 Å². The fourth-order valence-corrected chi connectivity index (χ4v) is 3.49. The van der Waals surface area contributed by atoms with E-state index in [0.717, 1.165) is 12.1 Å². The molecule has 2 aliphatic rings. The predicted molar refractivity (Wildman–Crippen MR) is 82.6 cm³/mol. The summed E-state index contributed by atoms with van der Waals surface area (Å²) < 4.78 is 0. The first-order valence-corrected chi connectivity index (χ1v) is 7.48. The number of likely N-dealkylation sites (N-methyl/N-ethyl adjacent to an activating group) is 1. The quantitative estimate of drug-likeness (QED) is 0.672. The minimum absolute atomic E-state index is 0.119. The van der Waals surface area contributed by atoms with E-state index in [2.05, 4.69) is 4.90 Å². The molecule has 0 radical (unpaired) electrons. The maximum atomic E-state index is 10.3. The lowest BCUT2D eigenvalue weighted by atomic mass is 9.75. The predicted octanol–water partition coefficient (Wildman–Crippen LogP) is 2.06. The van der Waals surface area contributed by atoms with Crippen LogP contribution in [0.15, 0.2) is 53.2 Å². The highest BCUT2D eigenvalue weighted by Crippen LogP contribution is 2.40. The Morgan fingerprint density at radius 2 is 1.77 bits per heavy atom. The smallest absolute Gasteiger partial charge is 0.198 e. The van der Waals surface area contributed by atoms with Crippen LogP contribution in [0.1, 0.15) is 12.0 Å². The van der Waals surface area contributed by atoms with Gasteiger partial charge in [0.2, 0.25) is 0 Å². The topological polar surface area (TPSA) is 84.2 Å². The number of hydrogen-bond donors (Lipinski definition) is 4. The van der Waals surface area contributed by atoms with Crippen LogP contribution >= 0.6 is 0 Å².